The summed E-state index contributed by atoms with van der Waals surface area (Å²) in [4.78, 5) is 27.9. The average molecular weight is 475 g/mol. The number of hydrogen-bond donors (Lipinski definition) is 2. The number of halogens is 3. The highest BCUT2D eigenvalue weighted by atomic mass is 19.4. The molecular weight excluding hydrogens is 451 g/mol. The highest BCUT2D eigenvalue weighted by molar-refractivity contribution is 6.07. The number of fused-ring (bicyclic) bond motifs is 1. The van der Waals surface area contributed by atoms with Gasteiger partial charge in [-0.25, -0.2) is 0 Å². The van der Waals surface area contributed by atoms with Crippen LogP contribution in [0.4, 0.5) is 13.2 Å². The minimum atomic E-state index is -4.57. The van der Waals surface area contributed by atoms with Gasteiger partial charge in [0.15, 0.2) is 5.78 Å². The third kappa shape index (κ3) is 5.30. The number of carboxylic acids is 1. The van der Waals surface area contributed by atoms with E-state index in [-0.39, 0.29) is 29.9 Å². The first-order valence-electron chi connectivity index (χ1n) is 10.5. The Kier molecular flexibility index (Phi) is 6.86. The number of alkyl halides is 3. The number of ether oxygens (including phenoxy) is 1. The average Bonchev–Trinajstić information content (AvgIpc) is 2.78. The lowest BCUT2D eigenvalue weighted by Crippen LogP contribution is -2.24. The second-order valence-electron chi connectivity index (χ2n) is 8.66. The Labute approximate surface area is 194 Å². The second-order valence-corrected chi connectivity index (χ2v) is 8.66. The van der Waals surface area contributed by atoms with Gasteiger partial charge in [-0.3, -0.25) is 14.6 Å². The van der Waals surface area contributed by atoms with Crippen LogP contribution in [0.1, 0.15) is 61.3 Å². The molecule has 3 aromatic rings. The van der Waals surface area contributed by atoms with Crippen LogP contribution in [-0.2, 0) is 11.0 Å². The summed E-state index contributed by atoms with van der Waals surface area (Å²) in [5.41, 5.74) is -1.75. The van der Waals surface area contributed by atoms with Gasteiger partial charge in [-0.2, -0.15) is 13.2 Å². The molecule has 0 amide bonds. The van der Waals surface area contributed by atoms with Crippen LogP contribution < -0.4 is 4.74 Å². The van der Waals surface area contributed by atoms with Crippen molar-refractivity contribution in [1.82, 2.24) is 4.98 Å². The molecule has 6 nitrogen and oxygen atoms in total. The van der Waals surface area contributed by atoms with E-state index in [2.05, 4.69) is 4.98 Å². The van der Waals surface area contributed by atoms with Crippen LogP contribution >= 0.6 is 0 Å². The quantitative estimate of drug-likeness (QED) is 0.378. The number of aliphatic carboxylic acids is 1. The molecule has 9 heteroatoms. The van der Waals surface area contributed by atoms with E-state index in [9.17, 15) is 33.0 Å². The lowest BCUT2D eigenvalue weighted by molar-refractivity contribution is -0.147. The summed E-state index contributed by atoms with van der Waals surface area (Å²) in [5, 5.41) is 20.7. The summed E-state index contributed by atoms with van der Waals surface area (Å²) in [7, 11) is 0. The van der Waals surface area contributed by atoms with Crippen molar-refractivity contribution in [3.8, 4) is 11.5 Å². The topological polar surface area (TPSA) is 96.7 Å². The van der Waals surface area contributed by atoms with E-state index in [4.69, 9.17) is 4.74 Å². The van der Waals surface area contributed by atoms with Gasteiger partial charge in [-0.15, -0.1) is 0 Å². The van der Waals surface area contributed by atoms with Crippen molar-refractivity contribution in [1.29, 1.82) is 0 Å². The molecule has 1 unspecified atom stereocenters. The molecule has 0 radical (unpaired) electrons. The molecule has 1 atom stereocenters. The minimum Gasteiger partial charge on any atom is -0.507 e. The van der Waals surface area contributed by atoms with Crippen molar-refractivity contribution in [3.05, 3.63) is 65.5 Å². The number of carbonyl (C=O) groups excluding carboxylic acids is 1. The van der Waals surface area contributed by atoms with Crippen molar-refractivity contribution in [2.45, 2.75) is 45.9 Å². The first-order chi connectivity index (χ1) is 15.8. The van der Waals surface area contributed by atoms with E-state index < -0.39 is 35.1 Å². The molecule has 0 aliphatic carbocycles. The van der Waals surface area contributed by atoms with Crippen molar-refractivity contribution >= 4 is 22.5 Å². The van der Waals surface area contributed by atoms with Crippen molar-refractivity contribution in [3.63, 3.8) is 0 Å². The number of aromatic nitrogens is 1. The van der Waals surface area contributed by atoms with Crippen LogP contribution in [0.25, 0.3) is 10.8 Å². The third-order valence-corrected chi connectivity index (χ3v) is 5.67. The molecule has 1 aromatic heterocycles. The van der Waals surface area contributed by atoms with Gasteiger partial charge in [0.25, 0.3) is 0 Å². The molecule has 0 aliphatic heterocycles. The molecule has 34 heavy (non-hydrogen) atoms. The molecule has 0 bridgehead atoms. The SMILES string of the molecule is CC(Oc1c(C(=O)CCC(C)(C)C(=O)O)cc(O)c2ccccc12)c1ccc(C(F)(F)F)nc1. The molecule has 0 aliphatic rings. The number of phenolic OH excluding ortho intramolecular Hbond substituents is 1. The van der Waals surface area contributed by atoms with E-state index in [1.165, 1.54) is 26.0 Å². The number of phenols is 1. The lowest BCUT2D eigenvalue weighted by atomic mass is 9.86. The summed E-state index contributed by atoms with van der Waals surface area (Å²) in [6, 6.07) is 10.1. The fraction of sp³-hybridized carbons (Fsp3) is 0.320. The maximum absolute atomic E-state index is 13.1. The fourth-order valence-electron chi connectivity index (χ4n) is 3.39. The number of carbonyl (C=O) groups is 2. The zero-order valence-electron chi connectivity index (χ0n) is 18.8. The predicted octanol–water partition coefficient (Wildman–Crippen LogP) is 6.17. The number of carboxylic acid groups (broad SMARTS) is 1. The molecule has 2 N–H and O–H groups in total. The Balaban J connectivity index is 1.99. The normalized spacial score (nSPS) is 13.0. The summed E-state index contributed by atoms with van der Waals surface area (Å²) >= 11 is 0. The number of pyridine rings is 1. The first-order valence-corrected chi connectivity index (χ1v) is 10.5. The van der Waals surface area contributed by atoms with E-state index in [0.29, 0.717) is 16.3 Å². The Morgan fingerprint density at radius 1 is 1.09 bits per heavy atom. The summed E-state index contributed by atoms with van der Waals surface area (Å²) in [5.74, 6) is -1.46. The lowest BCUT2D eigenvalue weighted by Gasteiger charge is -2.21. The monoisotopic (exact) mass is 475 g/mol. The molecule has 0 fully saturated rings. The molecule has 2 aromatic carbocycles. The maximum Gasteiger partial charge on any atom is 0.433 e. The molecular formula is C25H24F3NO5. The highest BCUT2D eigenvalue weighted by Crippen LogP contribution is 2.40. The van der Waals surface area contributed by atoms with E-state index in [1.807, 2.05) is 0 Å². The Morgan fingerprint density at radius 3 is 2.29 bits per heavy atom. The molecule has 1 heterocycles. The van der Waals surface area contributed by atoms with Gasteiger partial charge in [-0.05, 0) is 39.3 Å². The smallest absolute Gasteiger partial charge is 0.433 e. The highest BCUT2D eigenvalue weighted by Gasteiger charge is 2.32. The Hall–Kier alpha value is -3.62. The predicted molar refractivity (Wildman–Crippen MR) is 119 cm³/mol. The fourth-order valence-corrected chi connectivity index (χ4v) is 3.39. The van der Waals surface area contributed by atoms with Gasteiger partial charge < -0.3 is 14.9 Å². The van der Waals surface area contributed by atoms with Gasteiger partial charge in [0.2, 0.25) is 0 Å². The number of nitrogens with zero attached hydrogens (tertiary/aromatic N) is 1. The number of ketones is 1. The van der Waals surface area contributed by atoms with Crippen LogP contribution in [0.3, 0.4) is 0 Å². The Bertz CT molecular complexity index is 1220. The molecule has 0 saturated carbocycles. The van der Waals surface area contributed by atoms with Gasteiger partial charge in [0.05, 0.1) is 11.0 Å². The minimum absolute atomic E-state index is 0.0594. The van der Waals surface area contributed by atoms with Crippen molar-refractivity contribution in [2.24, 2.45) is 5.41 Å². The zero-order valence-corrected chi connectivity index (χ0v) is 18.8. The summed E-state index contributed by atoms with van der Waals surface area (Å²) < 4.78 is 44.6. The van der Waals surface area contributed by atoms with Crippen LogP contribution in [0, 0.1) is 5.41 Å². The molecule has 0 spiro atoms. The van der Waals surface area contributed by atoms with Gasteiger partial charge in [0, 0.05) is 29.0 Å². The first kappa shape index (κ1) is 25.0. The largest absolute Gasteiger partial charge is 0.507 e. The molecule has 0 saturated heterocycles. The van der Waals surface area contributed by atoms with E-state index >= 15 is 0 Å². The van der Waals surface area contributed by atoms with E-state index in [0.717, 1.165) is 12.3 Å². The van der Waals surface area contributed by atoms with E-state index in [1.54, 1.807) is 31.2 Å². The number of benzene rings is 2. The standard InChI is InChI=1S/C25H24F3NO5/c1-14(15-8-9-21(29-13-15)25(26,27)28)34-22-17-7-5-4-6-16(17)20(31)12-18(22)19(30)10-11-24(2,3)23(32)33/h4-9,12-14,31H,10-11H2,1-3H3,(H,32,33). The number of hydrogen-bond acceptors (Lipinski definition) is 5. The zero-order chi connectivity index (χ0) is 25.3. The van der Waals surface area contributed by atoms with Crippen molar-refractivity contribution in [2.75, 3.05) is 0 Å². The van der Waals surface area contributed by atoms with Crippen LogP contribution in [-0.4, -0.2) is 26.9 Å². The molecule has 180 valence electrons. The third-order valence-electron chi connectivity index (χ3n) is 5.67. The van der Waals surface area contributed by atoms with Crippen molar-refractivity contribution < 1.29 is 37.7 Å². The maximum atomic E-state index is 13.1. The molecule has 3 rings (SSSR count). The second kappa shape index (κ2) is 9.32. The number of aromatic hydroxyl groups is 1. The number of rotatable bonds is 8. The number of Topliss-reactive ketones (excluding diaryl/α,β-unsaturated/α-hetero) is 1. The summed E-state index contributed by atoms with van der Waals surface area (Å²) in [6.07, 6.45) is -4.33. The van der Waals surface area contributed by atoms with Crippen LogP contribution in [0.15, 0.2) is 48.7 Å². The summed E-state index contributed by atoms with van der Waals surface area (Å²) in [6.45, 7) is 4.63. The van der Waals surface area contributed by atoms with Crippen LogP contribution in [0.2, 0.25) is 0 Å². The van der Waals surface area contributed by atoms with Gasteiger partial charge in [-0.1, -0.05) is 30.3 Å². The van der Waals surface area contributed by atoms with Gasteiger partial charge in [0.1, 0.15) is 23.3 Å². The Morgan fingerprint density at radius 2 is 1.74 bits per heavy atom. The van der Waals surface area contributed by atoms with Crippen LogP contribution in [0.5, 0.6) is 11.5 Å². The van der Waals surface area contributed by atoms with Gasteiger partial charge >= 0.3 is 12.1 Å².